The summed E-state index contributed by atoms with van der Waals surface area (Å²) in [5, 5.41) is 11.9. The van der Waals surface area contributed by atoms with E-state index in [1.807, 2.05) is 12.1 Å². The van der Waals surface area contributed by atoms with Crippen LogP contribution in [0.25, 0.3) is 0 Å². The van der Waals surface area contributed by atoms with E-state index in [2.05, 4.69) is 29.0 Å². The van der Waals surface area contributed by atoms with Gasteiger partial charge in [-0.15, -0.1) is 0 Å². The number of nitrogens with zero attached hydrogens (tertiary/aromatic N) is 3. The lowest BCUT2D eigenvalue weighted by Gasteiger charge is -2.34. The molecule has 0 saturated heterocycles. The number of pyridine rings is 1. The fraction of sp³-hybridized carbons (Fsp3) is 0.600. The highest BCUT2D eigenvalue weighted by Gasteiger charge is 2.23. The normalized spacial score (nSPS) is 24.1. The van der Waals surface area contributed by atoms with E-state index in [0.29, 0.717) is 11.7 Å². The van der Waals surface area contributed by atoms with Gasteiger partial charge in [-0.25, -0.2) is 0 Å². The number of aromatic nitrogens is 1. The fourth-order valence-corrected chi connectivity index (χ4v) is 3.04. The van der Waals surface area contributed by atoms with E-state index < -0.39 is 0 Å². The molecule has 0 aromatic carbocycles. The predicted molar refractivity (Wildman–Crippen MR) is 79.6 cm³/mol. The van der Waals surface area contributed by atoms with E-state index >= 15 is 0 Å². The molecular formula is C15H24N4O. The van der Waals surface area contributed by atoms with Gasteiger partial charge < -0.3 is 10.9 Å². The zero-order valence-electron chi connectivity index (χ0n) is 12.3. The summed E-state index contributed by atoms with van der Waals surface area (Å²) in [7, 11) is 2.14. The summed E-state index contributed by atoms with van der Waals surface area (Å²) < 4.78 is 0. The summed E-state index contributed by atoms with van der Waals surface area (Å²) in [4.78, 5) is 6.58. The van der Waals surface area contributed by atoms with E-state index in [4.69, 9.17) is 10.9 Å². The van der Waals surface area contributed by atoms with Crippen LogP contribution in [0.3, 0.4) is 0 Å². The third-order valence-electron chi connectivity index (χ3n) is 4.19. The Bertz CT molecular complexity index is 475. The largest absolute Gasteiger partial charge is 0.409 e. The number of rotatable bonds is 4. The van der Waals surface area contributed by atoms with Gasteiger partial charge in [0.2, 0.25) is 0 Å². The van der Waals surface area contributed by atoms with Gasteiger partial charge in [0.05, 0.1) is 0 Å². The van der Waals surface area contributed by atoms with Gasteiger partial charge >= 0.3 is 0 Å². The van der Waals surface area contributed by atoms with Crippen molar-refractivity contribution < 1.29 is 5.21 Å². The Balaban J connectivity index is 2.09. The summed E-state index contributed by atoms with van der Waals surface area (Å²) in [6.45, 7) is 3.10. The van der Waals surface area contributed by atoms with Crippen LogP contribution in [0.15, 0.2) is 23.5 Å². The minimum absolute atomic E-state index is 0.0750. The average molecular weight is 276 g/mol. The van der Waals surface area contributed by atoms with Gasteiger partial charge in [0, 0.05) is 18.8 Å². The lowest BCUT2D eigenvalue weighted by Crippen LogP contribution is -2.35. The van der Waals surface area contributed by atoms with Crippen molar-refractivity contribution in [1.82, 2.24) is 9.88 Å². The van der Waals surface area contributed by atoms with Gasteiger partial charge in [-0.1, -0.05) is 31.0 Å². The maximum atomic E-state index is 8.84. The quantitative estimate of drug-likeness (QED) is 0.382. The standard InChI is InChI=1S/C15H24N4O/c1-11-5-3-7-13(9-11)19(2)10-12-6-4-8-17-14(12)15(16)18-20/h4,6,8,11,13,20H,3,5,7,9-10H2,1-2H3,(H2,16,18). The summed E-state index contributed by atoms with van der Waals surface area (Å²) in [6, 6.07) is 4.49. The Hall–Kier alpha value is -1.62. The van der Waals surface area contributed by atoms with Crippen molar-refractivity contribution in [2.24, 2.45) is 16.8 Å². The van der Waals surface area contributed by atoms with Crippen LogP contribution in [-0.2, 0) is 6.54 Å². The van der Waals surface area contributed by atoms with Crippen LogP contribution in [0.5, 0.6) is 0 Å². The SMILES string of the molecule is CC1CCCC(N(C)Cc2cccnc2C(N)=NO)C1. The lowest BCUT2D eigenvalue weighted by atomic mass is 9.86. The van der Waals surface area contributed by atoms with Crippen LogP contribution < -0.4 is 5.73 Å². The van der Waals surface area contributed by atoms with Crippen molar-refractivity contribution in [3.8, 4) is 0 Å². The number of hydrogen-bond donors (Lipinski definition) is 2. The molecule has 5 nitrogen and oxygen atoms in total. The van der Waals surface area contributed by atoms with Gasteiger partial charge in [0.25, 0.3) is 0 Å². The molecule has 2 unspecified atom stereocenters. The summed E-state index contributed by atoms with van der Waals surface area (Å²) in [5.74, 6) is 0.875. The van der Waals surface area contributed by atoms with Crippen molar-refractivity contribution in [2.45, 2.75) is 45.2 Å². The average Bonchev–Trinajstić information content (AvgIpc) is 2.47. The number of amidine groups is 1. The second-order valence-corrected chi connectivity index (χ2v) is 5.84. The van der Waals surface area contributed by atoms with E-state index in [0.717, 1.165) is 18.0 Å². The second kappa shape index (κ2) is 6.70. The molecule has 0 aliphatic heterocycles. The molecule has 1 aliphatic carbocycles. The van der Waals surface area contributed by atoms with Crippen LogP contribution >= 0.6 is 0 Å². The maximum absolute atomic E-state index is 8.84. The Labute approximate surface area is 120 Å². The molecule has 0 radical (unpaired) electrons. The molecule has 0 amide bonds. The first kappa shape index (κ1) is 14.8. The van der Waals surface area contributed by atoms with E-state index in [1.54, 1.807) is 6.20 Å². The smallest absolute Gasteiger partial charge is 0.189 e. The first-order chi connectivity index (χ1) is 9.61. The molecule has 2 atom stereocenters. The first-order valence-electron chi connectivity index (χ1n) is 7.23. The van der Waals surface area contributed by atoms with E-state index in [1.165, 1.54) is 25.7 Å². The molecule has 1 aromatic rings. The summed E-state index contributed by atoms with van der Waals surface area (Å²) >= 11 is 0. The van der Waals surface area contributed by atoms with Crippen molar-refractivity contribution in [1.29, 1.82) is 0 Å². The van der Waals surface area contributed by atoms with Crippen molar-refractivity contribution in [3.05, 3.63) is 29.6 Å². The van der Waals surface area contributed by atoms with Crippen LogP contribution in [0.1, 0.15) is 43.9 Å². The van der Waals surface area contributed by atoms with Crippen molar-refractivity contribution in [2.75, 3.05) is 7.05 Å². The third-order valence-corrected chi connectivity index (χ3v) is 4.19. The predicted octanol–water partition coefficient (Wildman–Crippen LogP) is 2.19. The molecule has 20 heavy (non-hydrogen) atoms. The molecule has 1 aromatic heterocycles. The molecule has 0 spiro atoms. The number of nitrogens with two attached hydrogens (primary N) is 1. The van der Waals surface area contributed by atoms with Crippen molar-refractivity contribution >= 4 is 5.84 Å². The van der Waals surface area contributed by atoms with Gasteiger partial charge in [-0.3, -0.25) is 9.88 Å². The van der Waals surface area contributed by atoms with Gasteiger partial charge in [-0.05, 0) is 37.4 Å². The molecule has 110 valence electrons. The van der Waals surface area contributed by atoms with Crippen LogP contribution in [-0.4, -0.2) is 34.0 Å². The lowest BCUT2D eigenvalue weighted by molar-refractivity contribution is 0.157. The third kappa shape index (κ3) is 3.48. The summed E-state index contributed by atoms with van der Waals surface area (Å²) in [5.41, 5.74) is 7.27. The molecule has 1 fully saturated rings. The maximum Gasteiger partial charge on any atom is 0.189 e. The zero-order valence-corrected chi connectivity index (χ0v) is 12.3. The Morgan fingerprint density at radius 2 is 2.35 bits per heavy atom. The number of hydrogen-bond acceptors (Lipinski definition) is 4. The second-order valence-electron chi connectivity index (χ2n) is 5.84. The minimum Gasteiger partial charge on any atom is -0.409 e. The topological polar surface area (TPSA) is 74.7 Å². The minimum atomic E-state index is 0.0750. The van der Waals surface area contributed by atoms with Gasteiger partial charge in [0.15, 0.2) is 5.84 Å². The molecule has 1 aliphatic rings. The highest BCUT2D eigenvalue weighted by atomic mass is 16.4. The Kier molecular flexibility index (Phi) is 4.95. The fourth-order valence-electron chi connectivity index (χ4n) is 3.04. The monoisotopic (exact) mass is 276 g/mol. The van der Waals surface area contributed by atoms with Gasteiger partial charge in [0.1, 0.15) is 5.69 Å². The first-order valence-corrected chi connectivity index (χ1v) is 7.23. The molecule has 5 heteroatoms. The van der Waals surface area contributed by atoms with E-state index in [9.17, 15) is 0 Å². The highest BCUT2D eigenvalue weighted by molar-refractivity contribution is 5.96. The molecular weight excluding hydrogens is 252 g/mol. The Morgan fingerprint density at radius 3 is 3.05 bits per heavy atom. The zero-order chi connectivity index (χ0) is 14.5. The van der Waals surface area contributed by atoms with Crippen LogP contribution in [0, 0.1) is 5.92 Å². The van der Waals surface area contributed by atoms with Crippen molar-refractivity contribution in [3.63, 3.8) is 0 Å². The molecule has 1 saturated carbocycles. The molecule has 1 heterocycles. The Morgan fingerprint density at radius 1 is 1.55 bits per heavy atom. The van der Waals surface area contributed by atoms with Crippen LogP contribution in [0.2, 0.25) is 0 Å². The number of oxime groups is 1. The molecule has 3 N–H and O–H groups in total. The van der Waals surface area contributed by atoms with Crippen LogP contribution in [0.4, 0.5) is 0 Å². The highest BCUT2D eigenvalue weighted by Crippen LogP contribution is 2.27. The van der Waals surface area contributed by atoms with Gasteiger partial charge in [-0.2, -0.15) is 0 Å². The molecule has 0 bridgehead atoms. The summed E-state index contributed by atoms with van der Waals surface area (Å²) in [6.07, 6.45) is 6.80. The van der Waals surface area contributed by atoms with E-state index in [-0.39, 0.29) is 5.84 Å². The molecule has 2 rings (SSSR count).